The third-order valence-corrected chi connectivity index (χ3v) is 2.88. The van der Waals surface area contributed by atoms with Crippen LogP contribution in [0.3, 0.4) is 0 Å². The molecule has 0 saturated heterocycles. The van der Waals surface area contributed by atoms with Gasteiger partial charge in [-0.2, -0.15) is 0 Å². The van der Waals surface area contributed by atoms with Gasteiger partial charge in [0.25, 0.3) is 0 Å². The number of hydrogen-bond donors (Lipinski definition) is 1. The van der Waals surface area contributed by atoms with Crippen molar-refractivity contribution >= 4 is 10.9 Å². The van der Waals surface area contributed by atoms with E-state index in [9.17, 15) is 0 Å². The van der Waals surface area contributed by atoms with E-state index in [1.165, 1.54) is 16.5 Å². The summed E-state index contributed by atoms with van der Waals surface area (Å²) in [4.78, 5) is 0. The largest absolute Gasteiger partial charge is 0.361 e. The van der Waals surface area contributed by atoms with Gasteiger partial charge in [-0.05, 0) is 38.0 Å². The minimum Gasteiger partial charge on any atom is -0.361 e. The zero-order valence-corrected chi connectivity index (χ0v) is 10.5. The molecule has 0 aliphatic heterocycles. The van der Waals surface area contributed by atoms with Crippen molar-refractivity contribution in [2.75, 3.05) is 6.61 Å². The van der Waals surface area contributed by atoms with Crippen molar-refractivity contribution in [2.24, 2.45) is 5.73 Å². The van der Waals surface area contributed by atoms with E-state index in [1.54, 1.807) is 0 Å². The van der Waals surface area contributed by atoms with Crippen molar-refractivity contribution in [3.05, 3.63) is 36.0 Å². The summed E-state index contributed by atoms with van der Waals surface area (Å²) in [5.41, 5.74) is 8.40. The van der Waals surface area contributed by atoms with E-state index in [-0.39, 0.29) is 6.04 Å². The van der Waals surface area contributed by atoms with E-state index >= 15 is 0 Å². The summed E-state index contributed by atoms with van der Waals surface area (Å²) in [6.07, 6.45) is 2.99. The molecule has 1 aromatic carbocycles. The van der Waals surface area contributed by atoms with Crippen molar-refractivity contribution < 1.29 is 4.74 Å². The summed E-state index contributed by atoms with van der Waals surface area (Å²) in [6, 6.07) is 8.69. The Bertz CT molecular complexity index is 488. The average molecular weight is 232 g/mol. The van der Waals surface area contributed by atoms with Crippen LogP contribution in [0.1, 0.15) is 19.4 Å². The molecule has 2 rings (SSSR count). The molecular weight excluding hydrogens is 212 g/mol. The van der Waals surface area contributed by atoms with Gasteiger partial charge < -0.3 is 15.0 Å². The summed E-state index contributed by atoms with van der Waals surface area (Å²) in [5.74, 6) is 0. The van der Waals surface area contributed by atoms with Crippen LogP contribution in [0.4, 0.5) is 0 Å². The SMILES string of the molecule is CCOCn1ccc2c(CC(C)N)cccc21. The molecule has 0 saturated carbocycles. The van der Waals surface area contributed by atoms with Gasteiger partial charge in [-0.1, -0.05) is 12.1 Å². The van der Waals surface area contributed by atoms with E-state index in [0.29, 0.717) is 6.73 Å². The minimum atomic E-state index is 0.191. The zero-order chi connectivity index (χ0) is 12.3. The fourth-order valence-electron chi connectivity index (χ4n) is 2.11. The van der Waals surface area contributed by atoms with Gasteiger partial charge in [-0.15, -0.1) is 0 Å². The number of hydrogen-bond acceptors (Lipinski definition) is 2. The first-order valence-corrected chi connectivity index (χ1v) is 6.12. The Morgan fingerprint density at radius 1 is 1.35 bits per heavy atom. The first-order chi connectivity index (χ1) is 8.22. The third-order valence-electron chi connectivity index (χ3n) is 2.88. The molecule has 0 spiro atoms. The molecule has 0 amide bonds. The van der Waals surface area contributed by atoms with Crippen LogP contribution < -0.4 is 5.73 Å². The predicted molar refractivity (Wildman–Crippen MR) is 70.9 cm³/mol. The average Bonchev–Trinajstić information content (AvgIpc) is 2.70. The van der Waals surface area contributed by atoms with E-state index < -0.39 is 0 Å². The van der Waals surface area contributed by atoms with Crippen molar-refractivity contribution in [1.82, 2.24) is 4.57 Å². The molecule has 3 nitrogen and oxygen atoms in total. The molecular formula is C14H20N2O. The number of aromatic nitrogens is 1. The maximum atomic E-state index is 5.87. The molecule has 1 heterocycles. The van der Waals surface area contributed by atoms with Crippen molar-refractivity contribution in [3.8, 4) is 0 Å². The Labute approximate surface area is 102 Å². The summed E-state index contributed by atoms with van der Waals surface area (Å²) in [5, 5.41) is 1.28. The minimum absolute atomic E-state index is 0.191. The van der Waals surface area contributed by atoms with Crippen LogP contribution in [0, 0.1) is 0 Å². The topological polar surface area (TPSA) is 40.2 Å². The lowest BCUT2D eigenvalue weighted by atomic mass is 10.0. The van der Waals surface area contributed by atoms with Crippen LogP contribution in [0.5, 0.6) is 0 Å². The molecule has 2 N–H and O–H groups in total. The van der Waals surface area contributed by atoms with E-state index in [2.05, 4.69) is 35.0 Å². The van der Waals surface area contributed by atoms with Gasteiger partial charge in [0.2, 0.25) is 0 Å². The highest BCUT2D eigenvalue weighted by atomic mass is 16.5. The van der Waals surface area contributed by atoms with Gasteiger partial charge in [0, 0.05) is 24.2 Å². The fourth-order valence-corrected chi connectivity index (χ4v) is 2.11. The van der Waals surface area contributed by atoms with Crippen LogP contribution in [0.2, 0.25) is 0 Å². The number of nitrogens with two attached hydrogens (primary N) is 1. The van der Waals surface area contributed by atoms with Crippen LogP contribution in [-0.2, 0) is 17.9 Å². The smallest absolute Gasteiger partial charge is 0.122 e. The second kappa shape index (κ2) is 5.34. The number of benzene rings is 1. The Balaban J connectivity index is 2.35. The van der Waals surface area contributed by atoms with E-state index in [1.807, 2.05) is 13.8 Å². The molecule has 1 unspecified atom stereocenters. The second-order valence-electron chi connectivity index (χ2n) is 4.44. The van der Waals surface area contributed by atoms with Gasteiger partial charge in [0.1, 0.15) is 6.73 Å². The number of rotatable bonds is 5. The number of fused-ring (bicyclic) bond motifs is 1. The van der Waals surface area contributed by atoms with Crippen molar-refractivity contribution in [2.45, 2.75) is 33.0 Å². The molecule has 3 heteroatoms. The van der Waals surface area contributed by atoms with Gasteiger partial charge in [0.15, 0.2) is 0 Å². The molecule has 0 aliphatic rings. The maximum absolute atomic E-state index is 5.87. The standard InChI is InChI=1S/C14H20N2O/c1-3-17-10-16-8-7-13-12(9-11(2)15)5-4-6-14(13)16/h4-8,11H,3,9-10,15H2,1-2H3. The molecule has 1 aromatic heterocycles. The maximum Gasteiger partial charge on any atom is 0.122 e. The molecule has 0 aliphatic carbocycles. The monoisotopic (exact) mass is 232 g/mol. The quantitative estimate of drug-likeness (QED) is 0.860. The molecule has 0 fully saturated rings. The molecule has 2 aromatic rings. The Kier molecular flexibility index (Phi) is 3.82. The highest BCUT2D eigenvalue weighted by Gasteiger charge is 2.06. The molecule has 0 radical (unpaired) electrons. The lowest BCUT2D eigenvalue weighted by Crippen LogP contribution is -2.17. The number of ether oxygens (including phenoxy) is 1. The van der Waals surface area contributed by atoms with Gasteiger partial charge >= 0.3 is 0 Å². The van der Waals surface area contributed by atoms with Crippen LogP contribution >= 0.6 is 0 Å². The van der Waals surface area contributed by atoms with Crippen LogP contribution in [0.15, 0.2) is 30.5 Å². The predicted octanol–water partition coefficient (Wildman–Crippen LogP) is 2.53. The molecule has 17 heavy (non-hydrogen) atoms. The van der Waals surface area contributed by atoms with Gasteiger partial charge in [0.05, 0.1) is 5.52 Å². The summed E-state index contributed by atoms with van der Waals surface area (Å²) in [7, 11) is 0. The van der Waals surface area contributed by atoms with Crippen LogP contribution in [-0.4, -0.2) is 17.2 Å². The molecule has 1 atom stereocenters. The van der Waals surface area contributed by atoms with Gasteiger partial charge in [-0.25, -0.2) is 0 Å². The highest BCUT2D eigenvalue weighted by Crippen LogP contribution is 2.21. The lowest BCUT2D eigenvalue weighted by molar-refractivity contribution is 0.0909. The lowest BCUT2D eigenvalue weighted by Gasteiger charge is -2.08. The molecule has 92 valence electrons. The van der Waals surface area contributed by atoms with Crippen molar-refractivity contribution in [1.29, 1.82) is 0 Å². The Morgan fingerprint density at radius 2 is 2.18 bits per heavy atom. The van der Waals surface area contributed by atoms with E-state index in [4.69, 9.17) is 10.5 Å². The van der Waals surface area contributed by atoms with Gasteiger partial charge in [-0.3, -0.25) is 0 Å². The first-order valence-electron chi connectivity index (χ1n) is 6.12. The highest BCUT2D eigenvalue weighted by molar-refractivity contribution is 5.83. The number of nitrogens with zero attached hydrogens (tertiary/aromatic N) is 1. The van der Waals surface area contributed by atoms with E-state index in [0.717, 1.165) is 13.0 Å². The first kappa shape index (κ1) is 12.1. The fraction of sp³-hybridized carbons (Fsp3) is 0.429. The Morgan fingerprint density at radius 3 is 2.88 bits per heavy atom. The third kappa shape index (κ3) is 2.68. The normalized spacial score (nSPS) is 13.1. The summed E-state index contributed by atoms with van der Waals surface area (Å²) < 4.78 is 7.57. The summed E-state index contributed by atoms with van der Waals surface area (Å²) >= 11 is 0. The zero-order valence-electron chi connectivity index (χ0n) is 10.5. The second-order valence-corrected chi connectivity index (χ2v) is 4.44. The van der Waals surface area contributed by atoms with Crippen LogP contribution in [0.25, 0.3) is 10.9 Å². The summed E-state index contributed by atoms with van der Waals surface area (Å²) in [6.45, 7) is 5.39. The molecule has 0 bridgehead atoms. The van der Waals surface area contributed by atoms with Crippen molar-refractivity contribution in [3.63, 3.8) is 0 Å². The Hall–Kier alpha value is -1.32.